The number of rotatable bonds is 11. The molecule has 1 aromatic carbocycles. The number of aromatic hydroxyl groups is 3. The minimum absolute atomic E-state index is 0.0385. The third-order valence-corrected chi connectivity index (χ3v) is 6.66. The molecule has 0 bridgehead atoms. The van der Waals surface area contributed by atoms with Crippen LogP contribution in [0.1, 0.15) is 42.5 Å². The zero-order chi connectivity index (χ0) is 28.0. The molecule has 2 fully saturated rings. The number of benzene rings is 1. The number of carboxylic acids is 1. The van der Waals surface area contributed by atoms with E-state index in [-0.39, 0.29) is 36.2 Å². The number of esters is 1. The molecule has 2 aliphatic rings. The van der Waals surface area contributed by atoms with Crippen LogP contribution in [0.25, 0.3) is 0 Å². The molecule has 13 nitrogen and oxygen atoms in total. The van der Waals surface area contributed by atoms with Gasteiger partial charge in [0.1, 0.15) is 36.8 Å². The van der Waals surface area contributed by atoms with Gasteiger partial charge >= 0.3 is 11.9 Å². The van der Waals surface area contributed by atoms with Crippen LogP contribution in [0, 0.1) is 11.8 Å². The van der Waals surface area contributed by atoms with Crippen LogP contribution >= 0.6 is 0 Å². The number of aliphatic hydroxyl groups excluding tert-OH is 3. The number of hydrogen-bond acceptors (Lipinski definition) is 12. The van der Waals surface area contributed by atoms with Crippen LogP contribution in [0.2, 0.25) is 0 Å². The van der Waals surface area contributed by atoms with Gasteiger partial charge in [0, 0.05) is 18.8 Å². The van der Waals surface area contributed by atoms with Crippen molar-refractivity contribution in [3.63, 3.8) is 0 Å². The van der Waals surface area contributed by atoms with Crippen LogP contribution in [0.15, 0.2) is 24.3 Å². The fourth-order valence-corrected chi connectivity index (χ4v) is 4.54. The van der Waals surface area contributed by atoms with Crippen LogP contribution in [0.5, 0.6) is 17.2 Å². The maximum Gasteiger partial charge on any atom is 0.338 e. The summed E-state index contributed by atoms with van der Waals surface area (Å²) in [7, 11) is 0. The van der Waals surface area contributed by atoms with Crippen LogP contribution in [0.3, 0.4) is 0 Å². The van der Waals surface area contributed by atoms with Crippen molar-refractivity contribution in [3.05, 3.63) is 29.8 Å². The fraction of sp³-hybridized carbons (Fsp3) is 0.560. The Kier molecular flexibility index (Phi) is 10.1. The van der Waals surface area contributed by atoms with E-state index >= 15 is 0 Å². The number of carboxylic acid groups (broad SMARTS) is 1. The fourth-order valence-electron chi connectivity index (χ4n) is 4.54. The summed E-state index contributed by atoms with van der Waals surface area (Å²) in [6.45, 7) is -0.532. The first-order valence-electron chi connectivity index (χ1n) is 12.1. The summed E-state index contributed by atoms with van der Waals surface area (Å²) in [5.41, 5.74) is -0.295. The van der Waals surface area contributed by atoms with E-state index < -0.39 is 66.5 Å². The Bertz CT molecular complexity index is 1020. The van der Waals surface area contributed by atoms with Crippen molar-refractivity contribution in [1.82, 2.24) is 0 Å². The molecule has 0 amide bonds. The first-order valence-corrected chi connectivity index (χ1v) is 12.1. The topological polar surface area (TPSA) is 221 Å². The minimum atomic E-state index is -1.67. The molecule has 7 atom stereocenters. The van der Waals surface area contributed by atoms with Gasteiger partial charge < -0.3 is 50.0 Å². The Morgan fingerprint density at radius 1 is 1.03 bits per heavy atom. The summed E-state index contributed by atoms with van der Waals surface area (Å²) >= 11 is 0. The predicted molar refractivity (Wildman–Crippen MR) is 126 cm³/mol. The number of carbonyl (C=O) groups excluding carboxylic acids is 2. The number of Topliss-reactive ketones (excluding diaryl/α,β-unsaturated/α-hetero) is 1. The molecule has 38 heavy (non-hydrogen) atoms. The summed E-state index contributed by atoms with van der Waals surface area (Å²) in [5.74, 6) is -4.73. The van der Waals surface area contributed by atoms with Gasteiger partial charge in [-0.1, -0.05) is 12.2 Å². The minimum Gasteiger partial charge on any atom is -0.504 e. The van der Waals surface area contributed by atoms with Gasteiger partial charge in [-0.2, -0.15) is 0 Å². The van der Waals surface area contributed by atoms with Gasteiger partial charge in [0.2, 0.25) is 0 Å². The van der Waals surface area contributed by atoms with Crippen molar-refractivity contribution in [1.29, 1.82) is 0 Å². The molecule has 7 unspecified atom stereocenters. The van der Waals surface area contributed by atoms with Gasteiger partial charge in [-0.15, -0.1) is 0 Å². The number of carbonyl (C=O) groups is 3. The van der Waals surface area contributed by atoms with Gasteiger partial charge in [-0.25, -0.2) is 4.79 Å². The third kappa shape index (κ3) is 7.20. The van der Waals surface area contributed by atoms with Crippen LogP contribution in [0.4, 0.5) is 0 Å². The zero-order valence-corrected chi connectivity index (χ0v) is 20.4. The molecule has 1 saturated carbocycles. The Hall–Kier alpha value is -3.23. The molecule has 1 saturated heterocycles. The van der Waals surface area contributed by atoms with Gasteiger partial charge in [0.25, 0.3) is 0 Å². The molecule has 13 heteroatoms. The van der Waals surface area contributed by atoms with E-state index in [0.717, 1.165) is 12.1 Å². The molecule has 1 heterocycles. The molecule has 1 aromatic rings. The molecule has 0 aromatic heterocycles. The Morgan fingerprint density at radius 3 is 2.37 bits per heavy atom. The van der Waals surface area contributed by atoms with E-state index in [9.17, 15) is 45.0 Å². The van der Waals surface area contributed by atoms with E-state index in [1.165, 1.54) is 0 Å². The predicted octanol–water partition coefficient (Wildman–Crippen LogP) is 0.191. The molecule has 0 radical (unpaired) electrons. The summed E-state index contributed by atoms with van der Waals surface area (Å²) in [5, 5.41) is 68.0. The Balaban J connectivity index is 1.47. The van der Waals surface area contributed by atoms with Crippen molar-refractivity contribution < 1.29 is 64.3 Å². The lowest BCUT2D eigenvalue weighted by molar-refractivity contribution is -0.300. The number of allylic oxidation sites excluding steroid dienone is 1. The average molecular weight is 541 g/mol. The van der Waals surface area contributed by atoms with E-state index in [2.05, 4.69) is 0 Å². The second-order valence-corrected chi connectivity index (χ2v) is 9.31. The van der Waals surface area contributed by atoms with Gasteiger partial charge in [-0.3, -0.25) is 9.59 Å². The summed E-state index contributed by atoms with van der Waals surface area (Å²) in [6.07, 6.45) is -2.37. The van der Waals surface area contributed by atoms with Crippen molar-refractivity contribution in [2.75, 3.05) is 13.2 Å². The standard InChI is InChI=1S/C25H32O13/c26-15-6-5-12(10-19(29)30)14(15)4-2-1-3-7-36-25-23(34)22(33)21(32)18(38-25)11-37-24(35)13-8-16(27)20(31)17(28)9-13/h1-2,8-9,12,14,18,21-23,25,27-28,31-34H,3-7,10-11H2,(H,29,30). The highest BCUT2D eigenvalue weighted by molar-refractivity contribution is 5.91. The van der Waals surface area contributed by atoms with E-state index in [0.29, 0.717) is 25.7 Å². The molecule has 1 aliphatic heterocycles. The largest absolute Gasteiger partial charge is 0.504 e. The highest BCUT2D eigenvalue weighted by atomic mass is 16.7. The summed E-state index contributed by atoms with van der Waals surface area (Å²) in [4.78, 5) is 35.2. The quantitative estimate of drug-likeness (QED) is 0.0863. The zero-order valence-electron chi connectivity index (χ0n) is 20.4. The first kappa shape index (κ1) is 29.3. The van der Waals surface area contributed by atoms with Crippen molar-refractivity contribution in [2.45, 2.75) is 62.8 Å². The SMILES string of the molecule is O=C(O)CC1CCC(=O)C1CC=CCCOC1OC(COC(=O)c2cc(O)c(O)c(O)c2)C(O)C(O)C1O. The molecule has 3 rings (SSSR count). The first-order chi connectivity index (χ1) is 18.0. The third-order valence-electron chi connectivity index (χ3n) is 6.66. The van der Waals surface area contributed by atoms with Gasteiger partial charge in [-0.05, 0) is 37.3 Å². The van der Waals surface area contributed by atoms with Gasteiger partial charge in [0.05, 0.1) is 12.2 Å². The van der Waals surface area contributed by atoms with Crippen molar-refractivity contribution >= 4 is 17.7 Å². The van der Waals surface area contributed by atoms with E-state index in [4.69, 9.17) is 19.3 Å². The number of ketones is 1. The Labute approximate surface area is 217 Å². The monoisotopic (exact) mass is 540 g/mol. The molecule has 0 spiro atoms. The van der Waals surface area contributed by atoms with E-state index in [1.54, 1.807) is 12.2 Å². The number of phenolic OH excluding ortho intramolecular Hbond substituents is 3. The number of phenols is 3. The Morgan fingerprint density at radius 2 is 1.71 bits per heavy atom. The second-order valence-electron chi connectivity index (χ2n) is 9.31. The molecular formula is C25H32O13. The lowest BCUT2D eigenvalue weighted by atomic mass is 9.89. The second kappa shape index (κ2) is 13.0. The number of ether oxygens (including phenoxy) is 3. The molecule has 1 aliphatic carbocycles. The summed E-state index contributed by atoms with van der Waals surface area (Å²) in [6, 6.07) is 1.73. The highest BCUT2D eigenvalue weighted by Gasteiger charge is 2.44. The van der Waals surface area contributed by atoms with Crippen LogP contribution in [-0.4, -0.2) is 97.4 Å². The molecular weight excluding hydrogens is 508 g/mol. The van der Waals surface area contributed by atoms with Crippen LogP contribution < -0.4 is 0 Å². The normalized spacial score (nSPS) is 29.6. The molecule has 210 valence electrons. The molecule has 7 N–H and O–H groups in total. The summed E-state index contributed by atoms with van der Waals surface area (Å²) < 4.78 is 16.0. The maximum atomic E-state index is 12.2. The number of aliphatic hydroxyl groups is 3. The number of hydrogen-bond donors (Lipinski definition) is 7. The smallest absolute Gasteiger partial charge is 0.338 e. The van der Waals surface area contributed by atoms with E-state index in [1.807, 2.05) is 0 Å². The number of aliphatic carboxylic acids is 1. The average Bonchev–Trinajstić information content (AvgIpc) is 3.21. The maximum absolute atomic E-state index is 12.2. The highest BCUT2D eigenvalue weighted by Crippen LogP contribution is 2.36. The van der Waals surface area contributed by atoms with Crippen LogP contribution in [-0.2, 0) is 23.8 Å². The van der Waals surface area contributed by atoms with Gasteiger partial charge in [0.15, 0.2) is 23.5 Å². The lowest BCUT2D eigenvalue weighted by Gasteiger charge is -2.39. The van der Waals surface area contributed by atoms with Crippen molar-refractivity contribution in [3.8, 4) is 17.2 Å². The lowest BCUT2D eigenvalue weighted by Crippen LogP contribution is -2.59. The van der Waals surface area contributed by atoms with Crippen molar-refractivity contribution in [2.24, 2.45) is 11.8 Å².